The van der Waals surface area contributed by atoms with Gasteiger partial charge in [-0.2, -0.15) is 0 Å². The Morgan fingerprint density at radius 3 is 2.45 bits per heavy atom. The smallest absolute Gasteiger partial charge is 0.255 e. The number of pyridine rings is 1. The van der Waals surface area contributed by atoms with Gasteiger partial charge < -0.3 is 19.6 Å². The molecule has 33 heavy (non-hydrogen) atoms. The number of hydrogen-bond donors (Lipinski definition) is 0. The molecule has 2 saturated heterocycles. The number of piperidine rings is 1. The zero-order valence-corrected chi connectivity index (χ0v) is 19.8. The minimum atomic E-state index is 0.0981. The van der Waals surface area contributed by atoms with Gasteiger partial charge in [-0.3, -0.25) is 9.59 Å². The van der Waals surface area contributed by atoms with Crippen LogP contribution in [-0.4, -0.2) is 80.0 Å². The highest BCUT2D eigenvalue weighted by Gasteiger charge is 2.28. The summed E-state index contributed by atoms with van der Waals surface area (Å²) in [6.07, 6.45) is 5.30. The van der Waals surface area contributed by atoms with E-state index < -0.39 is 0 Å². The average molecular weight is 450 g/mol. The van der Waals surface area contributed by atoms with Gasteiger partial charge in [-0.15, -0.1) is 0 Å². The Hall–Kier alpha value is -3.09. The maximum atomic E-state index is 13.2. The Bertz CT molecular complexity index is 941. The van der Waals surface area contributed by atoms with Crippen LogP contribution >= 0.6 is 0 Å². The molecular weight excluding hydrogens is 414 g/mol. The van der Waals surface area contributed by atoms with E-state index >= 15 is 0 Å². The fourth-order valence-electron chi connectivity index (χ4n) is 4.91. The molecule has 2 aliphatic heterocycles. The van der Waals surface area contributed by atoms with Gasteiger partial charge in [0.2, 0.25) is 5.91 Å². The highest BCUT2D eigenvalue weighted by molar-refractivity contribution is 5.99. The third-order valence-electron chi connectivity index (χ3n) is 6.79. The number of para-hydroxylation sites is 1. The van der Waals surface area contributed by atoms with Crippen molar-refractivity contribution in [1.82, 2.24) is 14.8 Å². The Labute approximate surface area is 197 Å². The van der Waals surface area contributed by atoms with Crippen molar-refractivity contribution in [1.29, 1.82) is 0 Å². The highest BCUT2D eigenvalue weighted by atomic mass is 16.2. The zero-order valence-electron chi connectivity index (χ0n) is 19.8. The van der Waals surface area contributed by atoms with Crippen LogP contribution in [0.25, 0.3) is 0 Å². The molecule has 0 aliphatic carbocycles. The zero-order chi connectivity index (χ0) is 23.2. The van der Waals surface area contributed by atoms with Crippen molar-refractivity contribution >= 4 is 23.3 Å². The summed E-state index contributed by atoms with van der Waals surface area (Å²) in [4.78, 5) is 38.7. The fourth-order valence-corrected chi connectivity index (χ4v) is 4.91. The van der Waals surface area contributed by atoms with Crippen molar-refractivity contribution in [3.63, 3.8) is 0 Å². The highest BCUT2D eigenvalue weighted by Crippen LogP contribution is 2.26. The summed E-state index contributed by atoms with van der Waals surface area (Å²) >= 11 is 0. The molecule has 2 aliphatic rings. The number of nitrogens with zero attached hydrogens (tertiary/aromatic N) is 5. The molecule has 2 amide bonds. The fraction of sp³-hybridized carbons (Fsp3) is 0.500. The Morgan fingerprint density at radius 1 is 0.970 bits per heavy atom. The summed E-state index contributed by atoms with van der Waals surface area (Å²) in [5, 5.41) is 0. The lowest BCUT2D eigenvalue weighted by Gasteiger charge is -2.36. The summed E-state index contributed by atoms with van der Waals surface area (Å²) in [5.41, 5.74) is 1.70. The van der Waals surface area contributed by atoms with E-state index in [1.54, 1.807) is 0 Å². The van der Waals surface area contributed by atoms with Gasteiger partial charge in [0.15, 0.2) is 0 Å². The number of piperazine rings is 1. The Kier molecular flexibility index (Phi) is 7.47. The van der Waals surface area contributed by atoms with Crippen LogP contribution in [-0.2, 0) is 4.79 Å². The first-order valence-corrected chi connectivity index (χ1v) is 12.0. The van der Waals surface area contributed by atoms with Crippen molar-refractivity contribution in [3.8, 4) is 0 Å². The molecule has 4 rings (SSSR count). The van der Waals surface area contributed by atoms with Gasteiger partial charge in [0.1, 0.15) is 5.82 Å². The molecule has 0 spiro atoms. The van der Waals surface area contributed by atoms with Crippen molar-refractivity contribution in [3.05, 3.63) is 54.2 Å². The first kappa shape index (κ1) is 23.1. The molecule has 176 valence electrons. The van der Waals surface area contributed by atoms with E-state index in [-0.39, 0.29) is 11.8 Å². The lowest BCUT2D eigenvalue weighted by Crippen LogP contribution is -2.49. The van der Waals surface area contributed by atoms with Crippen LogP contribution < -0.4 is 9.80 Å². The molecule has 0 radical (unpaired) electrons. The predicted octanol–water partition coefficient (Wildman–Crippen LogP) is 3.13. The topological polar surface area (TPSA) is 60.0 Å². The van der Waals surface area contributed by atoms with Crippen LogP contribution in [0.5, 0.6) is 0 Å². The molecular formula is C26H35N5O2. The third-order valence-corrected chi connectivity index (χ3v) is 6.79. The first-order valence-electron chi connectivity index (χ1n) is 12.0. The normalized spacial score (nSPS) is 18.8. The number of amides is 2. The standard InChI is InChI=1S/C26H35N5O2/c1-28(2)23-10-4-3-9-22(23)26(33)31-15-7-8-21(20-31)12-13-25(32)30-18-16-29(17-19-30)24-11-5-6-14-27-24/h3-6,9-11,14,21H,7-8,12-13,15-20H2,1-2H3/t21-/m1/s1. The SMILES string of the molecule is CN(C)c1ccccc1C(=O)N1CCC[C@H](CCC(=O)N2CCN(c3ccccn3)CC2)C1. The molecule has 3 heterocycles. The third kappa shape index (κ3) is 5.64. The summed E-state index contributed by atoms with van der Waals surface area (Å²) in [6, 6.07) is 13.7. The molecule has 1 aromatic carbocycles. The molecule has 1 atom stereocenters. The number of rotatable bonds is 6. The number of carbonyl (C=O) groups excluding carboxylic acids is 2. The van der Waals surface area contributed by atoms with Crippen LogP contribution in [0.15, 0.2) is 48.7 Å². The molecule has 0 N–H and O–H groups in total. The van der Waals surface area contributed by atoms with Crippen molar-refractivity contribution in [2.45, 2.75) is 25.7 Å². The van der Waals surface area contributed by atoms with Crippen LogP contribution in [0.1, 0.15) is 36.0 Å². The van der Waals surface area contributed by atoms with Gasteiger partial charge in [-0.05, 0) is 49.4 Å². The van der Waals surface area contributed by atoms with Crippen molar-refractivity contribution in [2.75, 3.05) is 63.2 Å². The van der Waals surface area contributed by atoms with Gasteiger partial charge in [0.05, 0.1) is 5.56 Å². The summed E-state index contributed by atoms with van der Waals surface area (Å²) in [5.74, 6) is 1.69. The second kappa shape index (κ2) is 10.7. The summed E-state index contributed by atoms with van der Waals surface area (Å²) in [6.45, 7) is 4.65. The molecule has 7 heteroatoms. The number of likely N-dealkylation sites (tertiary alicyclic amines) is 1. The number of aromatic nitrogens is 1. The van der Waals surface area contributed by atoms with E-state index in [0.29, 0.717) is 12.3 Å². The molecule has 0 saturated carbocycles. The summed E-state index contributed by atoms with van der Waals surface area (Å²) in [7, 11) is 3.93. The molecule has 7 nitrogen and oxygen atoms in total. The number of benzene rings is 1. The largest absolute Gasteiger partial charge is 0.377 e. The maximum absolute atomic E-state index is 13.2. The van der Waals surface area contributed by atoms with Crippen molar-refractivity contribution in [2.24, 2.45) is 5.92 Å². The monoisotopic (exact) mass is 449 g/mol. The second-order valence-electron chi connectivity index (χ2n) is 9.27. The van der Waals surface area contributed by atoms with Crippen LogP contribution in [0.4, 0.5) is 11.5 Å². The van der Waals surface area contributed by atoms with E-state index in [4.69, 9.17) is 0 Å². The van der Waals surface area contributed by atoms with Gasteiger partial charge in [-0.25, -0.2) is 4.98 Å². The lowest BCUT2D eigenvalue weighted by molar-refractivity contribution is -0.131. The van der Waals surface area contributed by atoms with E-state index in [9.17, 15) is 9.59 Å². The Balaban J connectivity index is 1.26. The lowest BCUT2D eigenvalue weighted by atomic mass is 9.92. The van der Waals surface area contributed by atoms with E-state index in [1.165, 1.54) is 0 Å². The molecule has 2 aromatic rings. The molecule has 0 unspecified atom stereocenters. The minimum absolute atomic E-state index is 0.0981. The number of anilines is 2. The number of hydrogen-bond acceptors (Lipinski definition) is 5. The predicted molar refractivity (Wildman–Crippen MR) is 132 cm³/mol. The van der Waals surface area contributed by atoms with Gasteiger partial charge in [-0.1, -0.05) is 18.2 Å². The van der Waals surface area contributed by atoms with Crippen molar-refractivity contribution < 1.29 is 9.59 Å². The maximum Gasteiger partial charge on any atom is 0.255 e. The molecule has 0 bridgehead atoms. The van der Waals surface area contributed by atoms with Crippen LogP contribution in [0.3, 0.4) is 0 Å². The van der Waals surface area contributed by atoms with Gasteiger partial charge in [0, 0.05) is 71.7 Å². The quantitative estimate of drug-likeness (QED) is 0.678. The second-order valence-corrected chi connectivity index (χ2v) is 9.27. The first-order chi connectivity index (χ1) is 16.0. The molecule has 1 aromatic heterocycles. The number of carbonyl (C=O) groups is 2. The minimum Gasteiger partial charge on any atom is -0.377 e. The van der Waals surface area contributed by atoms with Gasteiger partial charge >= 0.3 is 0 Å². The summed E-state index contributed by atoms with van der Waals surface area (Å²) < 4.78 is 0. The Morgan fingerprint density at radius 2 is 1.73 bits per heavy atom. The van der Waals surface area contributed by atoms with E-state index in [0.717, 1.165) is 75.6 Å². The molecule has 2 fully saturated rings. The van der Waals surface area contributed by atoms with Crippen LogP contribution in [0.2, 0.25) is 0 Å². The average Bonchev–Trinajstić information content (AvgIpc) is 2.87. The van der Waals surface area contributed by atoms with Gasteiger partial charge in [0.25, 0.3) is 5.91 Å². The van der Waals surface area contributed by atoms with E-state index in [1.807, 2.05) is 77.5 Å². The van der Waals surface area contributed by atoms with E-state index in [2.05, 4.69) is 9.88 Å². The van der Waals surface area contributed by atoms with Crippen LogP contribution in [0, 0.1) is 5.92 Å².